The van der Waals surface area contributed by atoms with Crippen molar-refractivity contribution in [3.05, 3.63) is 283 Å². The molecule has 0 atom stereocenters. The number of hydrogen-bond donors (Lipinski definition) is 0. The SMILES string of the molecule is c1ccc(C2(c3ccccc3)c3ccccc3-c3c(N(c4ccc(-c5cccc(-c6cccc7c6oc6ccccc67)c5)cc4)c4ccc(-c5cccc6oc7ccccc7c56)cc4)cccc32)cc1. The Morgan fingerprint density at radius 3 is 1.60 bits per heavy atom. The summed E-state index contributed by atoms with van der Waals surface area (Å²) >= 11 is 0. The summed E-state index contributed by atoms with van der Waals surface area (Å²) in [5.74, 6) is 0. The first-order chi connectivity index (χ1) is 34.7. The topological polar surface area (TPSA) is 29.5 Å². The van der Waals surface area contributed by atoms with Gasteiger partial charge in [0.15, 0.2) is 0 Å². The number of rotatable bonds is 8. The maximum Gasteiger partial charge on any atom is 0.143 e. The van der Waals surface area contributed by atoms with Gasteiger partial charge in [-0.15, -0.1) is 0 Å². The molecule has 0 saturated carbocycles. The van der Waals surface area contributed by atoms with Gasteiger partial charge in [0.25, 0.3) is 0 Å². The molecule has 0 aliphatic heterocycles. The number of hydrogen-bond acceptors (Lipinski definition) is 3. The van der Waals surface area contributed by atoms with Crippen molar-refractivity contribution in [2.24, 2.45) is 0 Å². The van der Waals surface area contributed by atoms with E-state index in [1.54, 1.807) is 0 Å². The molecule has 0 amide bonds. The van der Waals surface area contributed by atoms with Crippen molar-refractivity contribution >= 4 is 60.9 Å². The van der Waals surface area contributed by atoms with Crippen molar-refractivity contribution < 1.29 is 8.83 Å². The van der Waals surface area contributed by atoms with Crippen LogP contribution in [0.4, 0.5) is 17.1 Å². The summed E-state index contributed by atoms with van der Waals surface area (Å²) < 4.78 is 12.8. The Morgan fingerprint density at radius 2 is 0.843 bits per heavy atom. The average molecular weight is 894 g/mol. The third kappa shape index (κ3) is 6.08. The van der Waals surface area contributed by atoms with Crippen LogP contribution in [0.25, 0.3) is 88.4 Å². The molecule has 0 fully saturated rings. The molecule has 0 saturated heterocycles. The number of furan rings is 2. The van der Waals surface area contributed by atoms with Crippen LogP contribution >= 0.6 is 0 Å². The minimum Gasteiger partial charge on any atom is -0.456 e. The molecule has 70 heavy (non-hydrogen) atoms. The minimum absolute atomic E-state index is 0.534. The fourth-order valence-corrected chi connectivity index (χ4v) is 11.5. The Hall–Kier alpha value is -9.18. The van der Waals surface area contributed by atoms with Gasteiger partial charge in [-0.3, -0.25) is 0 Å². The van der Waals surface area contributed by atoms with Crippen LogP contribution in [0.1, 0.15) is 22.3 Å². The number of benzene rings is 11. The smallest absolute Gasteiger partial charge is 0.143 e. The lowest BCUT2D eigenvalue weighted by Gasteiger charge is -2.34. The molecule has 0 N–H and O–H groups in total. The van der Waals surface area contributed by atoms with Crippen LogP contribution in [-0.2, 0) is 5.41 Å². The molecule has 0 bridgehead atoms. The lowest BCUT2D eigenvalue weighted by Crippen LogP contribution is -2.28. The zero-order valence-electron chi connectivity index (χ0n) is 38.1. The van der Waals surface area contributed by atoms with E-state index in [0.717, 1.165) is 94.3 Å². The molecular weight excluding hydrogens is 851 g/mol. The maximum atomic E-state index is 6.48. The molecule has 3 nitrogen and oxygen atoms in total. The summed E-state index contributed by atoms with van der Waals surface area (Å²) in [4.78, 5) is 2.45. The number of para-hydroxylation sites is 3. The first kappa shape index (κ1) is 39.9. The van der Waals surface area contributed by atoms with E-state index < -0.39 is 5.41 Å². The van der Waals surface area contributed by atoms with Crippen LogP contribution in [0, 0.1) is 0 Å². The van der Waals surface area contributed by atoms with Crippen molar-refractivity contribution in [2.75, 3.05) is 4.90 Å². The van der Waals surface area contributed by atoms with E-state index in [2.05, 4.69) is 241 Å². The largest absolute Gasteiger partial charge is 0.456 e. The molecule has 3 heteroatoms. The van der Waals surface area contributed by atoms with Crippen LogP contribution in [0.15, 0.2) is 270 Å². The molecule has 11 aromatic carbocycles. The fraction of sp³-hybridized carbons (Fsp3) is 0.0149. The third-order valence-corrected chi connectivity index (χ3v) is 14.6. The normalized spacial score (nSPS) is 12.7. The van der Waals surface area contributed by atoms with Gasteiger partial charge < -0.3 is 13.7 Å². The van der Waals surface area contributed by atoms with E-state index in [4.69, 9.17) is 8.83 Å². The second kappa shape index (κ2) is 16.0. The minimum atomic E-state index is -0.534. The Balaban J connectivity index is 0.937. The highest BCUT2D eigenvalue weighted by Gasteiger charge is 2.47. The summed E-state index contributed by atoms with van der Waals surface area (Å²) in [5, 5.41) is 4.51. The van der Waals surface area contributed by atoms with Gasteiger partial charge >= 0.3 is 0 Å². The van der Waals surface area contributed by atoms with Gasteiger partial charge in [-0.05, 0) is 110 Å². The quantitative estimate of drug-likeness (QED) is 0.152. The third-order valence-electron chi connectivity index (χ3n) is 14.6. The van der Waals surface area contributed by atoms with Gasteiger partial charge in [-0.1, -0.05) is 206 Å². The highest BCUT2D eigenvalue weighted by molar-refractivity contribution is 6.13. The van der Waals surface area contributed by atoms with Gasteiger partial charge in [0.1, 0.15) is 22.3 Å². The molecule has 328 valence electrons. The van der Waals surface area contributed by atoms with Gasteiger partial charge in [-0.2, -0.15) is 0 Å². The predicted molar refractivity (Wildman–Crippen MR) is 289 cm³/mol. The summed E-state index contributed by atoms with van der Waals surface area (Å²) in [6, 6.07) is 94.3. The molecule has 0 radical (unpaired) electrons. The molecule has 13 aromatic rings. The van der Waals surface area contributed by atoms with Crippen molar-refractivity contribution in [3.63, 3.8) is 0 Å². The van der Waals surface area contributed by atoms with E-state index in [1.165, 1.54) is 33.4 Å². The van der Waals surface area contributed by atoms with Crippen LogP contribution < -0.4 is 4.90 Å². The van der Waals surface area contributed by atoms with E-state index in [1.807, 2.05) is 24.3 Å². The molecule has 0 spiro atoms. The molecular formula is C67H43NO2. The van der Waals surface area contributed by atoms with Gasteiger partial charge in [0.2, 0.25) is 0 Å². The van der Waals surface area contributed by atoms with Crippen LogP contribution in [0.5, 0.6) is 0 Å². The van der Waals surface area contributed by atoms with Crippen molar-refractivity contribution in [3.8, 4) is 44.5 Å². The molecule has 1 aliphatic rings. The Morgan fingerprint density at radius 1 is 0.314 bits per heavy atom. The molecule has 2 heterocycles. The first-order valence-electron chi connectivity index (χ1n) is 24.0. The van der Waals surface area contributed by atoms with Crippen LogP contribution in [0.3, 0.4) is 0 Å². The van der Waals surface area contributed by atoms with Crippen molar-refractivity contribution in [2.45, 2.75) is 5.41 Å². The zero-order valence-corrected chi connectivity index (χ0v) is 38.1. The highest BCUT2D eigenvalue weighted by atomic mass is 16.3. The predicted octanol–water partition coefficient (Wildman–Crippen LogP) is 18.3. The molecule has 0 unspecified atom stereocenters. The maximum absolute atomic E-state index is 6.48. The number of nitrogens with zero attached hydrogens (tertiary/aromatic N) is 1. The van der Waals surface area contributed by atoms with Gasteiger partial charge in [0.05, 0.1) is 11.1 Å². The Kier molecular flexibility index (Phi) is 9.11. The highest BCUT2D eigenvalue weighted by Crippen LogP contribution is 2.59. The second-order valence-electron chi connectivity index (χ2n) is 18.3. The Bertz CT molecular complexity index is 4070. The fourth-order valence-electron chi connectivity index (χ4n) is 11.5. The molecule has 2 aromatic heterocycles. The lowest BCUT2D eigenvalue weighted by atomic mass is 9.68. The monoisotopic (exact) mass is 893 g/mol. The van der Waals surface area contributed by atoms with Gasteiger partial charge in [-0.25, -0.2) is 0 Å². The van der Waals surface area contributed by atoms with E-state index in [0.29, 0.717) is 0 Å². The zero-order chi connectivity index (χ0) is 46.2. The molecule has 1 aliphatic carbocycles. The van der Waals surface area contributed by atoms with Crippen LogP contribution in [0.2, 0.25) is 0 Å². The lowest BCUT2D eigenvalue weighted by molar-refractivity contribution is 0.669. The molecule has 14 rings (SSSR count). The van der Waals surface area contributed by atoms with E-state index in [-0.39, 0.29) is 0 Å². The van der Waals surface area contributed by atoms with E-state index in [9.17, 15) is 0 Å². The summed E-state index contributed by atoms with van der Waals surface area (Å²) in [6.07, 6.45) is 0. The number of anilines is 3. The Labute approximate surface area is 405 Å². The summed E-state index contributed by atoms with van der Waals surface area (Å²) in [6.45, 7) is 0. The van der Waals surface area contributed by atoms with Crippen molar-refractivity contribution in [1.82, 2.24) is 0 Å². The standard InChI is InChI=1S/C67H43NO2/c1-3-19-48(20-4-1)67(49-21-5-2-6-22-49)58-29-10-7-24-56(58)65-59(67)30-16-31-60(65)68(51-41-37-45(38-42-51)52-26-15-34-63-64(52)57-25-9-12-33-62(57)69-63)50-39-35-44(36-40-50)46-17-13-18-47(43-46)53-27-14-28-55-54-23-8-11-32-61(54)70-66(53)55/h1-43H. The summed E-state index contributed by atoms with van der Waals surface area (Å²) in [5.41, 5.74) is 20.5. The van der Waals surface area contributed by atoms with E-state index >= 15 is 0 Å². The van der Waals surface area contributed by atoms with Crippen molar-refractivity contribution in [1.29, 1.82) is 0 Å². The summed E-state index contributed by atoms with van der Waals surface area (Å²) in [7, 11) is 0. The second-order valence-corrected chi connectivity index (χ2v) is 18.3. The average Bonchev–Trinajstić information content (AvgIpc) is 4.11. The number of fused-ring (bicyclic) bond motifs is 9. The van der Waals surface area contributed by atoms with Gasteiger partial charge in [0, 0.05) is 44.0 Å². The van der Waals surface area contributed by atoms with Crippen LogP contribution in [-0.4, -0.2) is 0 Å². The first-order valence-corrected chi connectivity index (χ1v) is 24.0.